The van der Waals surface area contributed by atoms with E-state index in [-0.39, 0.29) is 24.0 Å². The van der Waals surface area contributed by atoms with E-state index in [0.717, 1.165) is 0 Å². The molecule has 3 aromatic rings. The predicted molar refractivity (Wildman–Crippen MR) is 92.9 cm³/mol. The molecule has 142 valence electrons. The SMILES string of the molecule is O=C(OCc1nc(-c2ccc([N+](=O)[O-])cc2)no1)c1ccc2c(c1)OCCO2. The molecule has 0 fully saturated rings. The maximum atomic E-state index is 12.2. The van der Waals surface area contributed by atoms with Crippen molar-refractivity contribution in [3.05, 3.63) is 64.0 Å². The molecule has 10 heteroatoms. The van der Waals surface area contributed by atoms with Gasteiger partial charge in [0.15, 0.2) is 18.1 Å². The minimum absolute atomic E-state index is 0.0409. The molecule has 1 aromatic heterocycles. The summed E-state index contributed by atoms with van der Waals surface area (Å²) in [4.78, 5) is 26.5. The number of fused-ring (bicyclic) bond motifs is 1. The molecule has 0 amide bonds. The van der Waals surface area contributed by atoms with E-state index in [9.17, 15) is 14.9 Å². The quantitative estimate of drug-likeness (QED) is 0.371. The van der Waals surface area contributed by atoms with Crippen molar-refractivity contribution in [1.82, 2.24) is 10.1 Å². The third-order valence-electron chi connectivity index (χ3n) is 3.91. The molecule has 0 radical (unpaired) electrons. The van der Waals surface area contributed by atoms with Gasteiger partial charge >= 0.3 is 5.97 Å². The molecule has 4 rings (SSSR count). The summed E-state index contributed by atoms with van der Waals surface area (Å²) in [5.74, 6) is 0.818. The topological polar surface area (TPSA) is 127 Å². The first-order valence-corrected chi connectivity index (χ1v) is 8.24. The van der Waals surface area contributed by atoms with E-state index in [4.69, 9.17) is 18.7 Å². The van der Waals surface area contributed by atoms with Crippen LogP contribution in [0.5, 0.6) is 11.5 Å². The zero-order chi connectivity index (χ0) is 19.5. The van der Waals surface area contributed by atoms with Crippen molar-refractivity contribution in [2.75, 3.05) is 13.2 Å². The molecule has 1 aliphatic rings. The van der Waals surface area contributed by atoms with Crippen LogP contribution in [0, 0.1) is 10.1 Å². The number of carbonyl (C=O) groups is 1. The lowest BCUT2D eigenvalue weighted by Crippen LogP contribution is -2.16. The van der Waals surface area contributed by atoms with Gasteiger partial charge in [0.05, 0.1) is 10.5 Å². The first kappa shape index (κ1) is 17.5. The summed E-state index contributed by atoms with van der Waals surface area (Å²) in [6.07, 6.45) is 0. The van der Waals surface area contributed by atoms with Gasteiger partial charge in [0.25, 0.3) is 11.6 Å². The molecule has 28 heavy (non-hydrogen) atoms. The summed E-state index contributed by atoms with van der Waals surface area (Å²) in [5, 5.41) is 14.5. The van der Waals surface area contributed by atoms with Crippen LogP contribution in [0.4, 0.5) is 5.69 Å². The van der Waals surface area contributed by atoms with Crippen LogP contribution in [-0.2, 0) is 11.3 Å². The van der Waals surface area contributed by atoms with Gasteiger partial charge in [-0.3, -0.25) is 10.1 Å². The van der Waals surface area contributed by atoms with Crippen molar-refractivity contribution >= 4 is 11.7 Å². The molecule has 10 nitrogen and oxygen atoms in total. The average Bonchev–Trinajstić information content (AvgIpc) is 3.21. The molecular weight excluding hydrogens is 370 g/mol. The fourth-order valence-electron chi connectivity index (χ4n) is 2.54. The number of rotatable bonds is 5. The number of nitro benzene ring substituents is 1. The van der Waals surface area contributed by atoms with Gasteiger partial charge in [-0.15, -0.1) is 0 Å². The van der Waals surface area contributed by atoms with Gasteiger partial charge in [-0.25, -0.2) is 4.79 Å². The van der Waals surface area contributed by atoms with E-state index in [1.54, 1.807) is 18.2 Å². The number of hydrogen-bond donors (Lipinski definition) is 0. The third-order valence-corrected chi connectivity index (χ3v) is 3.91. The van der Waals surface area contributed by atoms with Crippen LogP contribution < -0.4 is 9.47 Å². The maximum absolute atomic E-state index is 12.2. The molecule has 0 bridgehead atoms. The summed E-state index contributed by atoms with van der Waals surface area (Å²) in [7, 11) is 0. The van der Waals surface area contributed by atoms with E-state index in [2.05, 4.69) is 10.1 Å². The number of esters is 1. The Kier molecular flexibility index (Phi) is 4.58. The third kappa shape index (κ3) is 3.61. The number of non-ortho nitro benzene ring substituents is 1. The van der Waals surface area contributed by atoms with Crippen LogP contribution in [0.15, 0.2) is 47.0 Å². The predicted octanol–water partition coefficient (Wildman–Crippen LogP) is 2.77. The van der Waals surface area contributed by atoms with Crippen molar-refractivity contribution in [3.63, 3.8) is 0 Å². The number of hydrogen-bond acceptors (Lipinski definition) is 9. The zero-order valence-corrected chi connectivity index (χ0v) is 14.4. The van der Waals surface area contributed by atoms with E-state index in [1.165, 1.54) is 24.3 Å². The Bertz CT molecular complexity index is 1030. The monoisotopic (exact) mass is 383 g/mol. The molecule has 0 unspecified atom stereocenters. The molecule has 0 spiro atoms. The fraction of sp³-hybridized carbons (Fsp3) is 0.167. The van der Waals surface area contributed by atoms with E-state index in [0.29, 0.717) is 35.8 Å². The fourth-order valence-corrected chi connectivity index (χ4v) is 2.54. The van der Waals surface area contributed by atoms with Crippen LogP contribution in [0.25, 0.3) is 11.4 Å². The molecule has 1 aliphatic heterocycles. The summed E-state index contributed by atoms with van der Waals surface area (Å²) in [6.45, 7) is 0.664. The van der Waals surface area contributed by atoms with Gasteiger partial charge < -0.3 is 18.7 Å². The summed E-state index contributed by atoms with van der Waals surface area (Å²) in [6, 6.07) is 10.5. The molecule has 0 N–H and O–H groups in total. The molecule has 0 atom stereocenters. The number of ether oxygens (including phenoxy) is 3. The van der Waals surface area contributed by atoms with Gasteiger partial charge in [0.2, 0.25) is 5.82 Å². The van der Waals surface area contributed by atoms with Crippen LogP contribution >= 0.6 is 0 Å². The molecule has 0 saturated heterocycles. The van der Waals surface area contributed by atoms with Crippen LogP contribution in [-0.4, -0.2) is 34.2 Å². The Hall–Kier alpha value is -3.95. The average molecular weight is 383 g/mol. The highest BCUT2D eigenvalue weighted by Crippen LogP contribution is 2.31. The smallest absolute Gasteiger partial charge is 0.338 e. The maximum Gasteiger partial charge on any atom is 0.338 e. The lowest BCUT2D eigenvalue weighted by molar-refractivity contribution is -0.384. The largest absolute Gasteiger partial charge is 0.486 e. The van der Waals surface area contributed by atoms with E-state index in [1.807, 2.05) is 0 Å². The van der Waals surface area contributed by atoms with Gasteiger partial charge in [0.1, 0.15) is 13.2 Å². The molecule has 0 aliphatic carbocycles. The molecule has 2 aromatic carbocycles. The van der Waals surface area contributed by atoms with Crippen LogP contribution in [0.3, 0.4) is 0 Å². The lowest BCUT2D eigenvalue weighted by Gasteiger charge is -2.18. The Balaban J connectivity index is 1.40. The van der Waals surface area contributed by atoms with Gasteiger partial charge in [-0.1, -0.05) is 5.16 Å². The van der Waals surface area contributed by atoms with Crippen molar-refractivity contribution in [1.29, 1.82) is 0 Å². The second-order valence-corrected chi connectivity index (χ2v) is 5.75. The first-order chi connectivity index (χ1) is 13.6. The Morgan fingerprint density at radius 2 is 1.86 bits per heavy atom. The number of nitro groups is 1. The number of aromatic nitrogens is 2. The number of nitrogens with zero attached hydrogens (tertiary/aromatic N) is 3. The lowest BCUT2D eigenvalue weighted by atomic mass is 10.2. The summed E-state index contributed by atoms with van der Waals surface area (Å²) in [5.41, 5.74) is 0.805. The van der Waals surface area contributed by atoms with Gasteiger partial charge in [0, 0.05) is 17.7 Å². The van der Waals surface area contributed by atoms with Gasteiger partial charge in [-0.05, 0) is 30.3 Å². The second-order valence-electron chi connectivity index (χ2n) is 5.75. The minimum atomic E-state index is -0.577. The summed E-state index contributed by atoms with van der Waals surface area (Å²) >= 11 is 0. The van der Waals surface area contributed by atoms with Crippen molar-refractivity contribution < 1.29 is 28.5 Å². The molecule has 0 saturated carbocycles. The normalized spacial score (nSPS) is 12.4. The Morgan fingerprint density at radius 1 is 1.11 bits per heavy atom. The summed E-state index contributed by atoms with van der Waals surface area (Å²) < 4.78 is 21.1. The van der Waals surface area contributed by atoms with E-state index >= 15 is 0 Å². The van der Waals surface area contributed by atoms with Crippen LogP contribution in [0.2, 0.25) is 0 Å². The molecular formula is C18H13N3O7. The zero-order valence-electron chi connectivity index (χ0n) is 14.4. The number of benzene rings is 2. The van der Waals surface area contributed by atoms with E-state index < -0.39 is 10.9 Å². The molecule has 2 heterocycles. The Labute approximate surface area is 157 Å². The van der Waals surface area contributed by atoms with Crippen molar-refractivity contribution in [3.8, 4) is 22.9 Å². The Morgan fingerprint density at radius 3 is 2.61 bits per heavy atom. The van der Waals surface area contributed by atoms with Crippen molar-refractivity contribution in [2.45, 2.75) is 6.61 Å². The standard InChI is InChI=1S/C18H13N3O7/c22-18(12-3-6-14-15(9-12)26-8-7-25-14)27-10-16-19-17(20-28-16)11-1-4-13(5-2-11)21(23)24/h1-6,9H,7-8,10H2. The highest BCUT2D eigenvalue weighted by atomic mass is 16.6. The highest BCUT2D eigenvalue weighted by Gasteiger charge is 2.17. The van der Waals surface area contributed by atoms with Crippen molar-refractivity contribution in [2.24, 2.45) is 0 Å². The second kappa shape index (κ2) is 7.35. The minimum Gasteiger partial charge on any atom is -0.486 e. The highest BCUT2D eigenvalue weighted by molar-refractivity contribution is 5.90. The van der Waals surface area contributed by atoms with Crippen LogP contribution in [0.1, 0.15) is 16.2 Å². The first-order valence-electron chi connectivity index (χ1n) is 8.24. The number of carbonyl (C=O) groups excluding carboxylic acids is 1. The van der Waals surface area contributed by atoms with Gasteiger partial charge in [-0.2, -0.15) is 4.98 Å².